The minimum absolute atomic E-state index is 0.272. The van der Waals surface area contributed by atoms with Crippen molar-refractivity contribution < 1.29 is 9.53 Å². The highest BCUT2D eigenvalue weighted by Gasteiger charge is 2.39. The molecule has 4 nitrogen and oxygen atoms in total. The lowest BCUT2D eigenvalue weighted by Crippen LogP contribution is -2.49. The number of carbonyl (C=O) groups excluding carboxylic acids is 1. The fraction of sp³-hybridized carbons (Fsp3) is 0.923. The SMILES string of the molecule is CN1C2CCC1CC(NC(=O)OC(C)(C)C)C2. The van der Waals surface area contributed by atoms with Crippen LogP contribution in [-0.4, -0.2) is 41.8 Å². The van der Waals surface area contributed by atoms with Crippen LogP contribution in [0.15, 0.2) is 0 Å². The Kier molecular flexibility index (Phi) is 3.34. The summed E-state index contributed by atoms with van der Waals surface area (Å²) in [6, 6.07) is 1.58. The van der Waals surface area contributed by atoms with Gasteiger partial charge in [-0.05, 0) is 53.5 Å². The summed E-state index contributed by atoms with van der Waals surface area (Å²) < 4.78 is 5.29. The van der Waals surface area contributed by atoms with E-state index in [1.54, 1.807) is 0 Å². The molecule has 98 valence electrons. The van der Waals surface area contributed by atoms with Gasteiger partial charge in [-0.2, -0.15) is 0 Å². The molecule has 0 aromatic heterocycles. The van der Waals surface area contributed by atoms with Crippen LogP contribution in [0.1, 0.15) is 46.5 Å². The van der Waals surface area contributed by atoms with Crippen molar-refractivity contribution in [1.29, 1.82) is 0 Å². The molecule has 4 heteroatoms. The molecule has 2 rings (SSSR count). The molecule has 2 atom stereocenters. The molecule has 2 fully saturated rings. The van der Waals surface area contributed by atoms with Gasteiger partial charge in [-0.3, -0.25) is 0 Å². The standard InChI is InChI=1S/C13H24N2O2/c1-13(2,3)17-12(16)14-9-7-10-5-6-11(8-9)15(10)4/h9-11H,5-8H2,1-4H3,(H,14,16). The molecule has 17 heavy (non-hydrogen) atoms. The van der Waals surface area contributed by atoms with Crippen molar-refractivity contribution in [3.63, 3.8) is 0 Å². The van der Waals surface area contributed by atoms with Gasteiger partial charge in [0.25, 0.3) is 0 Å². The zero-order chi connectivity index (χ0) is 12.6. The highest BCUT2D eigenvalue weighted by Crippen LogP contribution is 2.34. The van der Waals surface area contributed by atoms with E-state index in [0.29, 0.717) is 18.1 Å². The normalized spacial score (nSPS) is 33.5. The molecule has 0 saturated carbocycles. The molecular formula is C13H24N2O2. The lowest BCUT2D eigenvalue weighted by molar-refractivity contribution is 0.0459. The molecular weight excluding hydrogens is 216 g/mol. The Hall–Kier alpha value is -0.770. The number of rotatable bonds is 1. The van der Waals surface area contributed by atoms with E-state index in [4.69, 9.17) is 4.74 Å². The number of piperidine rings is 1. The summed E-state index contributed by atoms with van der Waals surface area (Å²) in [4.78, 5) is 14.2. The average molecular weight is 240 g/mol. The molecule has 0 spiro atoms. The van der Waals surface area contributed by atoms with Gasteiger partial charge < -0.3 is 15.0 Å². The summed E-state index contributed by atoms with van der Waals surface area (Å²) in [5.74, 6) is 0. The van der Waals surface area contributed by atoms with Crippen molar-refractivity contribution in [2.24, 2.45) is 0 Å². The third kappa shape index (κ3) is 3.12. The molecule has 2 unspecified atom stereocenters. The van der Waals surface area contributed by atoms with Crippen molar-refractivity contribution in [3.05, 3.63) is 0 Å². The maximum atomic E-state index is 11.7. The highest BCUT2D eigenvalue weighted by atomic mass is 16.6. The fourth-order valence-corrected chi connectivity index (χ4v) is 3.00. The van der Waals surface area contributed by atoms with Crippen molar-refractivity contribution in [2.45, 2.75) is 70.2 Å². The van der Waals surface area contributed by atoms with Gasteiger partial charge in [0.2, 0.25) is 0 Å². The topological polar surface area (TPSA) is 41.6 Å². The Bertz CT molecular complexity index is 284. The van der Waals surface area contributed by atoms with Crippen LogP contribution in [0.3, 0.4) is 0 Å². The van der Waals surface area contributed by atoms with E-state index in [-0.39, 0.29) is 6.09 Å². The lowest BCUT2D eigenvalue weighted by Gasteiger charge is -2.36. The summed E-state index contributed by atoms with van der Waals surface area (Å²) >= 11 is 0. The Balaban J connectivity index is 1.83. The van der Waals surface area contributed by atoms with Crippen LogP contribution in [0, 0.1) is 0 Å². The van der Waals surface area contributed by atoms with E-state index in [9.17, 15) is 4.79 Å². The van der Waals surface area contributed by atoms with Gasteiger partial charge >= 0.3 is 6.09 Å². The zero-order valence-electron chi connectivity index (χ0n) is 11.3. The largest absolute Gasteiger partial charge is 0.444 e. The van der Waals surface area contributed by atoms with Crippen LogP contribution >= 0.6 is 0 Å². The monoisotopic (exact) mass is 240 g/mol. The van der Waals surface area contributed by atoms with Crippen LogP contribution in [0.2, 0.25) is 0 Å². The maximum absolute atomic E-state index is 11.7. The van der Waals surface area contributed by atoms with Gasteiger partial charge in [-0.25, -0.2) is 4.79 Å². The van der Waals surface area contributed by atoms with E-state index in [0.717, 1.165) is 12.8 Å². The van der Waals surface area contributed by atoms with Gasteiger partial charge in [0, 0.05) is 18.1 Å². The van der Waals surface area contributed by atoms with E-state index in [1.165, 1.54) is 12.8 Å². The molecule has 2 aliphatic heterocycles. The maximum Gasteiger partial charge on any atom is 0.407 e. The van der Waals surface area contributed by atoms with Crippen molar-refractivity contribution >= 4 is 6.09 Å². The van der Waals surface area contributed by atoms with Crippen molar-refractivity contribution in [3.8, 4) is 0 Å². The number of carbonyl (C=O) groups is 1. The minimum atomic E-state index is -0.408. The summed E-state index contributed by atoms with van der Waals surface area (Å²) in [7, 11) is 2.20. The number of amides is 1. The zero-order valence-corrected chi connectivity index (χ0v) is 11.3. The quantitative estimate of drug-likeness (QED) is 0.763. The van der Waals surface area contributed by atoms with Gasteiger partial charge in [-0.1, -0.05) is 0 Å². The molecule has 1 N–H and O–H groups in total. The smallest absolute Gasteiger partial charge is 0.407 e. The van der Waals surface area contributed by atoms with Crippen LogP contribution in [-0.2, 0) is 4.74 Å². The number of fused-ring (bicyclic) bond motifs is 2. The molecule has 2 heterocycles. The second kappa shape index (κ2) is 4.48. The van der Waals surface area contributed by atoms with Crippen LogP contribution in [0.25, 0.3) is 0 Å². The van der Waals surface area contributed by atoms with Gasteiger partial charge in [0.1, 0.15) is 5.60 Å². The predicted molar refractivity (Wildman–Crippen MR) is 67.0 cm³/mol. The lowest BCUT2D eigenvalue weighted by atomic mass is 9.98. The third-order valence-electron chi connectivity index (χ3n) is 3.82. The fourth-order valence-electron chi connectivity index (χ4n) is 3.00. The first kappa shape index (κ1) is 12.7. The number of nitrogens with zero attached hydrogens (tertiary/aromatic N) is 1. The summed E-state index contributed by atoms with van der Waals surface area (Å²) in [5, 5.41) is 3.01. The first-order chi connectivity index (χ1) is 7.85. The molecule has 2 saturated heterocycles. The number of hydrogen-bond acceptors (Lipinski definition) is 3. The van der Waals surface area contributed by atoms with E-state index >= 15 is 0 Å². The number of ether oxygens (including phenoxy) is 1. The van der Waals surface area contributed by atoms with Crippen molar-refractivity contribution in [2.75, 3.05) is 7.05 Å². The summed E-state index contributed by atoms with van der Waals surface area (Å²) in [6.07, 6.45) is 4.39. The van der Waals surface area contributed by atoms with E-state index < -0.39 is 5.60 Å². The Labute approximate surface area is 104 Å². The number of hydrogen-bond donors (Lipinski definition) is 1. The molecule has 0 radical (unpaired) electrons. The molecule has 2 aliphatic rings. The number of nitrogens with one attached hydrogen (secondary N) is 1. The van der Waals surface area contributed by atoms with Crippen LogP contribution in [0.4, 0.5) is 4.79 Å². The predicted octanol–water partition coefficient (Wildman–Crippen LogP) is 2.14. The third-order valence-corrected chi connectivity index (χ3v) is 3.82. The van der Waals surface area contributed by atoms with Gasteiger partial charge in [-0.15, -0.1) is 0 Å². The minimum Gasteiger partial charge on any atom is -0.444 e. The molecule has 2 bridgehead atoms. The van der Waals surface area contributed by atoms with Crippen LogP contribution < -0.4 is 5.32 Å². The summed E-state index contributed by atoms with van der Waals surface area (Å²) in [6.45, 7) is 5.68. The molecule has 0 aliphatic carbocycles. The van der Waals surface area contributed by atoms with Gasteiger partial charge in [0.05, 0.1) is 0 Å². The first-order valence-corrected chi connectivity index (χ1v) is 6.56. The number of alkyl carbamates (subject to hydrolysis) is 1. The molecule has 0 aromatic rings. The molecule has 1 amide bonds. The average Bonchev–Trinajstić information content (AvgIpc) is 2.42. The Morgan fingerprint density at radius 3 is 2.24 bits per heavy atom. The van der Waals surface area contributed by atoms with Crippen molar-refractivity contribution in [1.82, 2.24) is 10.2 Å². The summed E-state index contributed by atoms with van der Waals surface area (Å²) in [5.41, 5.74) is -0.408. The second-order valence-electron chi connectivity index (χ2n) is 6.37. The Morgan fingerprint density at radius 2 is 1.76 bits per heavy atom. The van der Waals surface area contributed by atoms with Crippen LogP contribution in [0.5, 0.6) is 0 Å². The first-order valence-electron chi connectivity index (χ1n) is 6.56. The Morgan fingerprint density at radius 1 is 1.24 bits per heavy atom. The van der Waals surface area contributed by atoms with E-state index in [1.807, 2.05) is 20.8 Å². The second-order valence-corrected chi connectivity index (χ2v) is 6.37. The highest BCUT2D eigenvalue weighted by molar-refractivity contribution is 5.68. The molecule has 0 aromatic carbocycles. The van der Waals surface area contributed by atoms with E-state index in [2.05, 4.69) is 17.3 Å². The van der Waals surface area contributed by atoms with Gasteiger partial charge in [0.15, 0.2) is 0 Å².